The van der Waals surface area contributed by atoms with E-state index < -0.39 is 0 Å². The van der Waals surface area contributed by atoms with Gasteiger partial charge >= 0.3 is 0 Å². The van der Waals surface area contributed by atoms with Crippen LogP contribution in [0.2, 0.25) is 0 Å². The third-order valence-electron chi connectivity index (χ3n) is 4.40. The van der Waals surface area contributed by atoms with Crippen LogP contribution >= 0.6 is 0 Å². The highest BCUT2D eigenvalue weighted by Crippen LogP contribution is 2.28. The Kier molecular flexibility index (Phi) is 5.71. The lowest BCUT2D eigenvalue weighted by Gasteiger charge is -2.17. The summed E-state index contributed by atoms with van der Waals surface area (Å²) in [4.78, 5) is 16.8. The number of nitrogens with one attached hydrogen (secondary N) is 1. The molecule has 3 rings (SSSR count). The van der Waals surface area contributed by atoms with E-state index in [1.807, 2.05) is 55.5 Å². The molecule has 0 aliphatic carbocycles. The van der Waals surface area contributed by atoms with Crippen molar-refractivity contribution in [1.82, 2.24) is 10.3 Å². The fourth-order valence-corrected chi connectivity index (χ4v) is 2.87. The van der Waals surface area contributed by atoms with Crippen LogP contribution in [-0.4, -0.2) is 25.1 Å². The molecule has 3 aromatic rings. The largest absolute Gasteiger partial charge is 0.497 e. The first kappa shape index (κ1) is 18.5. The molecule has 27 heavy (non-hydrogen) atoms. The van der Waals surface area contributed by atoms with E-state index in [1.165, 1.54) is 0 Å². The van der Waals surface area contributed by atoms with Gasteiger partial charge in [-0.3, -0.25) is 9.78 Å². The number of carbonyl (C=O) groups is 1. The molecule has 0 bridgehead atoms. The molecule has 1 atom stereocenters. The number of carbonyl (C=O) groups excluding carboxylic acids is 1. The number of amides is 1. The van der Waals surface area contributed by atoms with Crippen molar-refractivity contribution in [1.29, 1.82) is 0 Å². The summed E-state index contributed by atoms with van der Waals surface area (Å²) in [6, 6.07) is 16.9. The number of benzene rings is 2. The highest BCUT2D eigenvalue weighted by Gasteiger charge is 2.17. The first-order valence-electron chi connectivity index (χ1n) is 8.65. The van der Waals surface area contributed by atoms with E-state index in [0.29, 0.717) is 11.3 Å². The first-order valence-corrected chi connectivity index (χ1v) is 8.65. The van der Waals surface area contributed by atoms with Crippen LogP contribution < -0.4 is 14.8 Å². The highest BCUT2D eigenvalue weighted by atomic mass is 16.5. The summed E-state index contributed by atoms with van der Waals surface area (Å²) in [6.45, 7) is 1.94. The summed E-state index contributed by atoms with van der Waals surface area (Å²) >= 11 is 0. The molecule has 5 nitrogen and oxygen atoms in total. The minimum Gasteiger partial charge on any atom is -0.497 e. The maximum absolute atomic E-state index is 12.8. The molecule has 2 aromatic carbocycles. The standard InChI is InChI=1S/C22H22N2O3/c1-15(17-5-4-6-19(13-17)26-2)24-22(25)20-8-7-18(14-21(20)27-3)16-9-11-23-12-10-16/h4-15H,1-3H3,(H,24,25)/t15-/m1/s1. The third-order valence-corrected chi connectivity index (χ3v) is 4.40. The van der Waals surface area contributed by atoms with Crippen LogP contribution in [0.15, 0.2) is 67.0 Å². The molecule has 0 saturated heterocycles. The molecule has 0 aliphatic rings. The summed E-state index contributed by atoms with van der Waals surface area (Å²) in [5.74, 6) is 1.09. The van der Waals surface area contributed by atoms with Crippen LogP contribution in [0.25, 0.3) is 11.1 Å². The normalized spacial score (nSPS) is 11.5. The van der Waals surface area contributed by atoms with Crippen molar-refractivity contribution in [3.63, 3.8) is 0 Å². The number of aromatic nitrogens is 1. The van der Waals surface area contributed by atoms with Crippen molar-refractivity contribution in [2.75, 3.05) is 14.2 Å². The molecule has 0 unspecified atom stereocenters. The number of hydrogen-bond donors (Lipinski definition) is 1. The Hall–Kier alpha value is -3.34. The number of methoxy groups -OCH3 is 2. The lowest BCUT2D eigenvalue weighted by Crippen LogP contribution is -2.27. The lowest BCUT2D eigenvalue weighted by molar-refractivity contribution is 0.0937. The first-order chi connectivity index (χ1) is 13.1. The Labute approximate surface area is 159 Å². The predicted octanol–water partition coefficient (Wildman–Crippen LogP) is 4.26. The summed E-state index contributed by atoms with van der Waals surface area (Å²) in [7, 11) is 3.19. The minimum absolute atomic E-state index is 0.169. The van der Waals surface area contributed by atoms with Crippen LogP contribution in [0.4, 0.5) is 0 Å². The summed E-state index contributed by atoms with van der Waals surface area (Å²) in [5.41, 5.74) is 3.44. The fourth-order valence-electron chi connectivity index (χ4n) is 2.87. The number of pyridine rings is 1. The van der Waals surface area contributed by atoms with Gasteiger partial charge in [0.05, 0.1) is 25.8 Å². The topological polar surface area (TPSA) is 60.5 Å². The van der Waals surface area contributed by atoms with Crippen molar-refractivity contribution >= 4 is 5.91 Å². The second-order valence-electron chi connectivity index (χ2n) is 6.12. The van der Waals surface area contributed by atoms with E-state index in [-0.39, 0.29) is 11.9 Å². The van der Waals surface area contributed by atoms with Gasteiger partial charge in [0.1, 0.15) is 11.5 Å². The van der Waals surface area contributed by atoms with E-state index in [2.05, 4.69) is 10.3 Å². The zero-order chi connectivity index (χ0) is 19.2. The van der Waals surface area contributed by atoms with Crippen LogP contribution in [0.3, 0.4) is 0 Å². The summed E-state index contributed by atoms with van der Waals surface area (Å²) in [6.07, 6.45) is 3.47. The average molecular weight is 362 g/mol. The maximum Gasteiger partial charge on any atom is 0.255 e. The Morgan fingerprint density at radius 1 is 0.963 bits per heavy atom. The number of ether oxygens (including phenoxy) is 2. The maximum atomic E-state index is 12.8. The van der Waals surface area contributed by atoms with Crippen LogP contribution in [-0.2, 0) is 0 Å². The molecule has 138 valence electrons. The van der Waals surface area contributed by atoms with Gasteiger partial charge in [-0.1, -0.05) is 18.2 Å². The van der Waals surface area contributed by atoms with Crippen molar-refractivity contribution in [3.8, 4) is 22.6 Å². The van der Waals surface area contributed by atoms with Crippen LogP contribution in [0, 0.1) is 0 Å². The molecule has 1 heterocycles. The predicted molar refractivity (Wildman–Crippen MR) is 105 cm³/mol. The number of nitrogens with zero attached hydrogens (tertiary/aromatic N) is 1. The second-order valence-corrected chi connectivity index (χ2v) is 6.12. The third kappa shape index (κ3) is 4.26. The van der Waals surface area contributed by atoms with E-state index in [0.717, 1.165) is 22.4 Å². The highest BCUT2D eigenvalue weighted by molar-refractivity contribution is 5.97. The quantitative estimate of drug-likeness (QED) is 0.712. The molecule has 0 saturated carbocycles. The molecule has 0 aliphatic heterocycles. The molecule has 1 aromatic heterocycles. The van der Waals surface area contributed by atoms with Crippen molar-refractivity contribution in [2.45, 2.75) is 13.0 Å². The van der Waals surface area contributed by atoms with Crippen LogP contribution in [0.5, 0.6) is 11.5 Å². The van der Waals surface area contributed by atoms with Crippen molar-refractivity contribution in [2.24, 2.45) is 0 Å². The summed E-state index contributed by atoms with van der Waals surface area (Å²) < 4.78 is 10.7. The molecule has 1 amide bonds. The second kappa shape index (κ2) is 8.36. The van der Waals surface area contributed by atoms with E-state index in [4.69, 9.17) is 9.47 Å². The minimum atomic E-state index is -0.191. The Balaban J connectivity index is 1.81. The monoisotopic (exact) mass is 362 g/mol. The smallest absolute Gasteiger partial charge is 0.255 e. The molecule has 5 heteroatoms. The fraction of sp³-hybridized carbons (Fsp3) is 0.182. The molecule has 0 radical (unpaired) electrons. The van der Waals surface area contributed by atoms with E-state index in [1.54, 1.807) is 32.7 Å². The molecule has 1 N–H and O–H groups in total. The van der Waals surface area contributed by atoms with Gasteiger partial charge in [0.2, 0.25) is 0 Å². The Bertz CT molecular complexity index is 926. The molecule has 0 spiro atoms. The SMILES string of the molecule is COc1cccc([C@@H](C)NC(=O)c2ccc(-c3ccncc3)cc2OC)c1. The van der Waals surface area contributed by atoms with E-state index >= 15 is 0 Å². The number of rotatable bonds is 6. The van der Waals surface area contributed by atoms with E-state index in [9.17, 15) is 4.79 Å². The average Bonchev–Trinajstić information content (AvgIpc) is 2.73. The van der Waals surface area contributed by atoms with Gasteiger partial charge in [-0.05, 0) is 60.0 Å². The van der Waals surface area contributed by atoms with Crippen molar-refractivity contribution in [3.05, 3.63) is 78.1 Å². The zero-order valence-electron chi connectivity index (χ0n) is 15.6. The van der Waals surface area contributed by atoms with Gasteiger partial charge in [0.25, 0.3) is 5.91 Å². The van der Waals surface area contributed by atoms with Gasteiger partial charge < -0.3 is 14.8 Å². The van der Waals surface area contributed by atoms with Gasteiger partial charge in [0, 0.05) is 12.4 Å². The summed E-state index contributed by atoms with van der Waals surface area (Å²) in [5, 5.41) is 3.01. The van der Waals surface area contributed by atoms with Gasteiger partial charge in [-0.15, -0.1) is 0 Å². The molecular formula is C22H22N2O3. The lowest BCUT2D eigenvalue weighted by atomic mass is 10.0. The Morgan fingerprint density at radius 3 is 2.44 bits per heavy atom. The van der Waals surface area contributed by atoms with Gasteiger partial charge in [-0.2, -0.15) is 0 Å². The van der Waals surface area contributed by atoms with Gasteiger partial charge in [0.15, 0.2) is 0 Å². The number of hydrogen-bond acceptors (Lipinski definition) is 4. The van der Waals surface area contributed by atoms with Crippen LogP contribution in [0.1, 0.15) is 28.9 Å². The molecular weight excluding hydrogens is 340 g/mol. The Morgan fingerprint density at radius 2 is 1.74 bits per heavy atom. The zero-order valence-corrected chi connectivity index (χ0v) is 15.6. The molecule has 0 fully saturated rings. The van der Waals surface area contributed by atoms with Crippen molar-refractivity contribution < 1.29 is 14.3 Å². The van der Waals surface area contributed by atoms with Gasteiger partial charge in [-0.25, -0.2) is 0 Å².